The summed E-state index contributed by atoms with van der Waals surface area (Å²) < 4.78 is 5.54. The van der Waals surface area contributed by atoms with Gasteiger partial charge in [0.05, 0.1) is 0 Å². The number of nitrogens with one attached hydrogen (secondary N) is 1. The lowest BCUT2D eigenvalue weighted by atomic mass is 9.97. The van der Waals surface area contributed by atoms with E-state index in [-0.39, 0.29) is 11.8 Å². The molecule has 0 saturated carbocycles. The number of hydrogen-bond donors (Lipinski definition) is 1. The van der Waals surface area contributed by atoms with Crippen molar-refractivity contribution in [3.8, 4) is 0 Å². The Morgan fingerprint density at radius 1 is 0.900 bits per heavy atom. The van der Waals surface area contributed by atoms with Crippen LogP contribution in [0.2, 0.25) is 0 Å². The third-order valence-electron chi connectivity index (χ3n) is 4.55. The van der Waals surface area contributed by atoms with Gasteiger partial charge in [0, 0.05) is 11.4 Å². The van der Waals surface area contributed by atoms with E-state index < -0.39 is 23.7 Å². The Bertz CT molecular complexity index is 774. The highest BCUT2D eigenvalue weighted by atomic mass is 16.6. The van der Waals surface area contributed by atoms with Crippen LogP contribution >= 0.6 is 0 Å². The van der Waals surface area contributed by atoms with Crippen LogP contribution in [0.15, 0.2) is 60.7 Å². The van der Waals surface area contributed by atoms with Crippen molar-refractivity contribution in [1.82, 2.24) is 5.32 Å². The summed E-state index contributed by atoms with van der Waals surface area (Å²) in [6.07, 6.45) is 0.518. The third-order valence-corrected chi connectivity index (χ3v) is 4.55. The van der Waals surface area contributed by atoms with E-state index in [0.717, 1.165) is 11.4 Å². The average molecular weight is 410 g/mol. The molecule has 0 unspecified atom stereocenters. The van der Waals surface area contributed by atoms with Gasteiger partial charge in [-0.1, -0.05) is 50.2 Å². The first-order valence-electron chi connectivity index (χ1n) is 10.5. The molecule has 1 amide bonds. The van der Waals surface area contributed by atoms with Gasteiger partial charge in [0.1, 0.15) is 17.7 Å². The molecule has 0 bridgehead atoms. The number of carbonyl (C=O) groups excluding carboxylic acids is 2. The predicted octanol–water partition coefficient (Wildman–Crippen LogP) is 5.09. The number of para-hydroxylation sites is 2. The second-order valence-corrected chi connectivity index (χ2v) is 8.94. The van der Waals surface area contributed by atoms with Gasteiger partial charge in [-0.25, -0.2) is 4.79 Å². The van der Waals surface area contributed by atoms with E-state index in [9.17, 15) is 9.59 Å². The van der Waals surface area contributed by atoms with Crippen molar-refractivity contribution in [2.45, 2.75) is 65.6 Å². The molecule has 1 N–H and O–H groups in total. The molecule has 162 valence electrons. The number of rotatable bonds is 8. The van der Waals surface area contributed by atoms with E-state index in [1.807, 2.05) is 107 Å². The quantitative estimate of drug-likeness (QED) is 0.617. The minimum Gasteiger partial charge on any atom is -0.458 e. The molecule has 0 aromatic heterocycles. The van der Waals surface area contributed by atoms with Crippen molar-refractivity contribution in [3.05, 3.63) is 60.7 Å². The fourth-order valence-corrected chi connectivity index (χ4v) is 3.24. The van der Waals surface area contributed by atoms with Crippen molar-refractivity contribution in [1.29, 1.82) is 0 Å². The highest BCUT2D eigenvalue weighted by Crippen LogP contribution is 2.27. The zero-order valence-corrected chi connectivity index (χ0v) is 18.9. The van der Waals surface area contributed by atoms with Crippen molar-refractivity contribution in [3.63, 3.8) is 0 Å². The summed E-state index contributed by atoms with van der Waals surface area (Å²) in [6.45, 7) is 11.4. The van der Waals surface area contributed by atoms with Crippen molar-refractivity contribution < 1.29 is 14.3 Å². The second-order valence-electron chi connectivity index (χ2n) is 8.94. The fourth-order valence-electron chi connectivity index (χ4n) is 3.24. The Balaban J connectivity index is 2.27. The summed E-state index contributed by atoms with van der Waals surface area (Å²) >= 11 is 0. The number of hydrogen-bond acceptors (Lipinski definition) is 4. The first-order chi connectivity index (χ1) is 14.1. The van der Waals surface area contributed by atoms with E-state index >= 15 is 0 Å². The molecular formula is C25H34N2O3. The van der Waals surface area contributed by atoms with Gasteiger partial charge >= 0.3 is 5.97 Å². The van der Waals surface area contributed by atoms with Crippen molar-refractivity contribution in [2.75, 3.05) is 4.90 Å². The number of anilines is 2. The number of benzene rings is 2. The molecule has 5 nitrogen and oxygen atoms in total. The van der Waals surface area contributed by atoms with Crippen LogP contribution in [0.3, 0.4) is 0 Å². The lowest BCUT2D eigenvalue weighted by molar-refractivity contribution is -0.159. The third kappa shape index (κ3) is 6.90. The molecule has 0 heterocycles. The molecule has 2 aromatic rings. The number of esters is 1. The molecule has 5 heteroatoms. The molecule has 0 spiro atoms. The van der Waals surface area contributed by atoms with Crippen molar-refractivity contribution in [2.24, 2.45) is 5.92 Å². The van der Waals surface area contributed by atoms with Crippen LogP contribution in [0.5, 0.6) is 0 Å². The summed E-state index contributed by atoms with van der Waals surface area (Å²) in [6, 6.07) is 18.3. The Labute approximate surface area is 180 Å². The van der Waals surface area contributed by atoms with Gasteiger partial charge in [-0.15, -0.1) is 0 Å². The van der Waals surface area contributed by atoms with Gasteiger partial charge in [-0.3, -0.25) is 4.79 Å². The smallest absolute Gasteiger partial charge is 0.329 e. The van der Waals surface area contributed by atoms with Crippen LogP contribution in [0.4, 0.5) is 11.4 Å². The lowest BCUT2D eigenvalue weighted by Crippen LogP contribution is -2.51. The number of carbonyl (C=O) groups is 2. The first-order valence-corrected chi connectivity index (χ1v) is 10.5. The Hall–Kier alpha value is -2.82. The van der Waals surface area contributed by atoms with Gasteiger partial charge < -0.3 is 15.0 Å². The molecule has 30 heavy (non-hydrogen) atoms. The monoisotopic (exact) mass is 409 g/mol. The van der Waals surface area contributed by atoms with E-state index in [4.69, 9.17) is 4.74 Å². The van der Waals surface area contributed by atoms with E-state index in [1.165, 1.54) is 0 Å². The zero-order valence-electron chi connectivity index (χ0n) is 18.9. The molecule has 2 atom stereocenters. The SMILES string of the molecule is CC(C)C[C@@H](NC(=O)[C@@H]([11CH3])N(c1ccccc1)c1ccccc1)C(=O)OC(C)(C)C. The van der Waals surface area contributed by atoms with E-state index in [1.54, 1.807) is 0 Å². The highest BCUT2D eigenvalue weighted by Gasteiger charge is 2.31. The molecule has 2 aromatic carbocycles. The van der Waals surface area contributed by atoms with Crippen LogP contribution in [0, 0.1) is 5.92 Å². The summed E-state index contributed by atoms with van der Waals surface area (Å²) in [4.78, 5) is 27.9. The molecule has 0 saturated heterocycles. The topological polar surface area (TPSA) is 58.6 Å². The average Bonchev–Trinajstić information content (AvgIpc) is 2.67. The van der Waals surface area contributed by atoms with E-state index in [0.29, 0.717) is 6.42 Å². The minimum absolute atomic E-state index is 0.223. The van der Waals surface area contributed by atoms with Crippen molar-refractivity contribution >= 4 is 23.3 Å². The summed E-state index contributed by atoms with van der Waals surface area (Å²) in [7, 11) is 0. The predicted molar refractivity (Wildman–Crippen MR) is 122 cm³/mol. The molecule has 0 aliphatic rings. The Morgan fingerprint density at radius 3 is 1.77 bits per heavy atom. The summed E-state index contributed by atoms with van der Waals surface area (Å²) in [5.41, 5.74) is 1.20. The van der Waals surface area contributed by atoms with Gasteiger partial charge in [-0.05, 0) is 64.3 Å². The second kappa shape index (κ2) is 10.3. The van der Waals surface area contributed by atoms with E-state index in [2.05, 4.69) is 5.32 Å². The molecule has 0 aliphatic carbocycles. The van der Waals surface area contributed by atoms with Gasteiger partial charge in [-0.2, -0.15) is 0 Å². The van der Waals surface area contributed by atoms with Crippen LogP contribution in [-0.2, 0) is 14.3 Å². The maximum Gasteiger partial charge on any atom is 0.329 e. The normalized spacial score (nSPS) is 13.4. The maximum atomic E-state index is 13.2. The molecule has 0 radical (unpaired) electrons. The largest absolute Gasteiger partial charge is 0.458 e. The fraction of sp³-hybridized carbons (Fsp3) is 0.440. The van der Waals surface area contributed by atoms with Crippen LogP contribution in [0.25, 0.3) is 0 Å². The Morgan fingerprint density at radius 2 is 1.37 bits per heavy atom. The molecule has 0 fully saturated rings. The highest BCUT2D eigenvalue weighted by molar-refractivity contribution is 5.91. The number of nitrogens with zero attached hydrogens (tertiary/aromatic N) is 1. The van der Waals surface area contributed by atoms with Gasteiger partial charge in [0.15, 0.2) is 0 Å². The van der Waals surface area contributed by atoms with Crippen LogP contribution in [-0.4, -0.2) is 29.6 Å². The standard InChI is InChI=1S/C25H34N2O3/c1-18(2)17-22(24(29)30-25(4,5)6)26-23(28)19(3)27(20-13-9-7-10-14-20)21-15-11-8-12-16-21/h7-16,18-19,22H,17H2,1-6H3,(H,26,28)/t19-,22-/m1/s1/i3-1. The molecule has 0 aliphatic heterocycles. The first kappa shape index (κ1) is 23.5. The van der Waals surface area contributed by atoms with Crippen LogP contribution in [0.1, 0.15) is 48.0 Å². The Kier molecular flexibility index (Phi) is 8.04. The van der Waals surface area contributed by atoms with Gasteiger partial charge in [0.2, 0.25) is 5.91 Å². The number of amides is 1. The van der Waals surface area contributed by atoms with Crippen LogP contribution < -0.4 is 10.2 Å². The zero-order chi connectivity index (χ0) is 22.3. The minimum atomic E-state index is -0.687. The molecule has 2 rings (SSSR count). The molecular weight excluding hydrogens is 375 g/mol. The summed E-state index contributed by atoms with van der Waals surface area (Å²) in [5.74, 6) is -0.389. The number of ether oxygens (including phenoxy) is 1. The maximum absolute atomic E-state index is 13.2. The summed E-state index contributed by atoms with van der Waals surface area (Å²) in [5, 5.41) is 2.94. The van der Waals surface area contributed by atoms with Gasteiger partial charge in [0.25, 0.3) is 0 Å². The lowest BCUT2D eigenvalue weighted by Gasteiger charge is -2.32.